The number of ether oxygens (including phenoxy) is 4. The Morgan fingerprint density at radius 1 is 0.568 bits per heavy atom. The second-order valence-corrected chi connectivity index (χ2v) is 29.7. The van der Waals surface area contributed by atoms with Crippen LogP contribution < -0.4 is 18.9 Å². The summed E-state index contributed by atoms with van der Waals surface area (Å²) in [4.78, 5) is 35.7. The van der Waals surface area contributed by atoms with E-state index in [1.54, 1.807) is 89.4 Å². The summed E-state index contributed by atoms with van der Waals surface area (Å²) in [7, 11) is 0.877. The predicted molar refractivity (Wildman–Crippen MR) is 315 cm³/mol. The monoisotopic (exact) mass is 1170 g/mol. The Balaban J connectivity index is 0.000000237. The summed E-state index contributed by atoms with van der Waals surface area (Å²) in [6.07, 6.45) is 4.80. The van der Waals surface area contributed by atoms with Crippen molar-refractivity contribution in [1.82, 2.24) is 9.97 Å². The number of aromatic nitrogens is 2. The van der Waals surface area contributed by atoms with Crippen molar-refractivity contribution >= 4 is 43.1 Å². The average molecular weight is 1170 g/mol. The summed E-state index contributed by atoms with van der Waals surface area (Å²) < 4.78 is 57.2. The molecule has 0 saturated heterocycles. The van der Waals surface area contributed by atoms with E-state index in [1.807, 2.05) is 26.0 Å². The first-order chi connectivity index (χ1) is 37.7. The Morgan fingerprint density at radius 2 is 0.963 bits per heavy atom. The molecule has 0 aliphatic heterocycles. The molecule has 2 heterocycles. The number of carbonyl (C=O) groups excluding carboxylic acids is 2. The van der Waals surface area contributed by atoms with Gasteiger partial charge in [-0.2, -0.15) is 0 Å². The van der Waals surface area contributed by atoms with Gasteiger partial charge in [0.1, 0.15) is 22.8 Å². The molecule has 0 amide bonds. The van der Waals surface area contributed by atoms with Gasteiger partial charge in [0.25, 0.3) is 0 Å². The van der Waals surface area contributed by atoms with Crippen molar-refractivity contribution in [3.05, 3.63) is 152 Å². The van der Waals surface area contributed by atoms with Crippen LogP contribution in [-0.2, 0) is 26.8 Å². The predicted octanol–water partition coefficient (Wildman–Crippen LogP) is 15.4. The van der Waals surface area contributed by atoms with Gasteiger partial charge in [-0.3, -0.25) is 9.59 Å². The lowest BCUT2D eigenvalue weighted by atomic mass is 9.88. The van der Waals surface area contributed by atoms with Gasteiger partial charge in [0, 0.05) is 35.1 Å². The zero-order chi connectivity index (χ0) is 59.6. The molecule has 2 unspecified atom stereocenters. The first-order valence-corrected chi connectivity index (χ1v) is 31.0. The molecule has 2 saturated carbocycles. The van der Waals surface area contributed by atoms with Crippen LogP contribution in [0.4, 0.5) is 8.78 Å². The maximum absolute atomic E-state index is 14.0. The number of hydrogen-bond acceptors (Lipinski definition) is 12. The number of aliphatic hydroxyl groups is 3. The largest absolute Gasteiger partial charge is 0.493 e. The summed E-state index contributed by atoms with van der Waals surface area (Å²) >= 11 is 12.1. The fourth-order valence-corrected chi connectivity index (χ4v) is 10.7. The molecule has 2 fully saturated rings. The van der Waals surface area contributed by atoms with Crippen LogP contribution in [-0.4, -0.2) is 71.6 Å². The summed E-state index contributed by atoms with van der Waals surface area (Å²) in [5, 5.41) is 33.7. The molecule has 0 bridgehead atoms. The SMILES string of the molecule is COc1cc(C(=O)CCC(C)(O)c2cc(C(C)(C)O)cc(-c3ccc(F)c(Cl)c3)n2)ccc1OC1CC1.COc1cc(C(=O)CCC(C)(O)c2cc(C(C)(C)O[Si](C)(C)C(C)(C)C)cc(-c3ccc(F)c(Cl)c3)n2)ccc1OC1CC1. The van der Waals surface area contributed by atoms with Crippen molar-refractivity contribution in [2.24, 2.45) is 0 Å². The molecule has 8 rings (SSSR count). The Bertz CT molecular complexity index is 3270. The first-order valence-electron chi connectivity index (χ1n) is 27.3. The van der Waals surface area contributed by atoms with Crippen LogP contribution in [0.3, 0.4) is 0 Å². The van der Waals surface area contributed by atoms with Crippen LogP contribution in [0, 0.1) is 11.6 Å². The highest BCUT2D eigenvalue weighted by Gasteiger charge is 2.43. The Hall–Kier alpha value is -5.78. The second-order valence-electron chi connectivity index (χ2n) is 24.2. The van der Waals surface area contributed by atoms with Crippen molar-refractivity contribution < 1.29 is 57.1 Å². The number of carbonyl (C=O) groups is 2. The number of Topliss-reactive ketones (excluding diaryl/α,β-unsaturated/α-hetero) is 2. The lowest BCUT2D eigenvalue weighted by Gasteiger charge is -2.43. The quantitative estimate of drug-likeness (QED) is 0.0436. The van der Waals surface area contributed by atoms with Crippen LogP contribution >= 0.6 is 23.2 Å². The minimum Gasteiger partial charge on any atom is -0.493 e. The van der Waals surface area contributed by atoms with E-state index in [0.29, 0.717) is 67.9 Å². The van der Waals surface area contributed by atoms with Crippen molar-refractivity contribution in [2.75, 3.05) is 14.2 Å². The number of benzene rings is 4. The van der Waals surface area contributed by atoms with Gasteiger partial charge in [0.2, 0.25) is 0 Å². The van der Waals surface area contributed by atoms with Crippen molar-refractivity contribution in [3.8, 4) is 45.5 Å². The van der Waals surface area contributed by atoms with E-state index in [0.717, 1.165) is 31.2 Å². The lowest BCUT2D eigenvalue weighted by molar-refractivity contribution is 0.0384. The van der Waals surface area contributed by atoms with E-state index in [4.69, 9.17) is 51.6 Å². The van der Waals surface area contributed by atoms with Crippen LogP contribution in [0.2, 0.25) is 28.2 Å². The summed E-state index contributed by atoms with van der Waals surface area (Å²) in [6, 6.07) is 25.9. The van der Waals surface area contributed by atoms with Crippen LogP contribution in [0.25, 0.3) is 22.5 Å². The lowest BCUT2D eigenvalue weighted by Crippen LogP contribution is -2.46. The Labute approximate surface area is 486 Å². The molecular weight excluding hydrogens is 1090 g/mol. The topological polar surface area (TPSA) is 167 Å². The van der Waals surface area contributed by atoms with Crippen LogP contribution in [0.1, 0.15) is 157 Å². The van der Waals surface area contributed by atoms with Gasteiger partial charge in [0.05, 0.1) is 70.5 Å². The molecule has 4 aromatic carbocycles. The number of hydrogen-bond donors (Lipinski definition) is 3. The third-order valence-corrected chi connectivity index (χ3v) is 20.4. The zero-order valence-corrected chi connectivity index (χ0v) is 51.2. The van der Waals surface area contributed by atoms with Crippen LogP contribution in [0.15, 0.2) is 97.1 Å². The average Bonchev–Trinajstić information content (AvgIpc) is 4.57. The normalized spacial score (nSPS) is 15.4. The number of halogens is 4. The smallest absolute Gasteiger partial charge is 0.193 e. The molecule has 6 aromatic rings. The van der Waals surface area contributed by atoms with E-state index in [-0.39, 0.29) is 70.2 Å². The van der Waals surface area contributed by atoms with E-state index < -0.39 is 42.4 Å². The van der Waals surface area contributed by atoms with Crippen molar-refractivity contribution in [1.29, 1.82) is 0 Å². The molecule has 81 heavy (non-hydrogen) atoms. The van der Waals surface area contributed by atoms with Crippen molar-refractivity contribution in [3.63, 3.8) is 0 Å². The van der Waals surface area contributed by atoms with E-state index >= 15 is 0 Å². The number of ketones is 2. The maximum Gasteiger partial charge on any atom is 0.193 e. The third kappa shape index (κ3) is 16.1. The fraction of sp³-hybridized carbons (Fsp3) is 0.438. The Morgan fingerprint density at radius 3 is 1.32 bits per heavy atom. The number of rotatable bonds is 22. The molecule has 2 atom stereocenters. The number of methoxy groups -OCH3 is 2. The summed E-state index contributed by atoms with van der Waals surface area (Å²) in [5.41, 5.74) is 0.0796. The van der Waals surface area contributed by atoms with E-state index in [9.17, 15) is 33.7 Å². The minimum atomic E-state index is -2.20. The highest BCUT2D eigenvalue weighted by atomic mass is 35.5. The van der Waals surface area contributed by atoms with E-state index in [1.165, 1.54) is 37.4 Å². The molecule has 0 spiro atoms. The summed E-state index contributed by atoms with van der Waals surface area (Å²) in [5.74, 6) is 0.846. The molecule has 0 radical (unpaired) electrons. The van der Waals surface area contributed by atoms with Gasteiger partial charge in [-0.05, 0) is 206 Å². The summed E-state index contributed by atoms with van der Waals surface area (Å²) in [6.45, 7) is 21.4. The van der Waals surface area contributed by atoms with Gasteiger partial charge >= 0.3 is 0 Å². The van der Waals surface area contributed by atoms with Crippen molar-refractivity contribution in [2.45, 2.75) is 166 Å². The zero-order valence-electron chi connectivity index (χ0n) is 48.7. The molecule has 17 heteroatoms. The van der Waals surface area contributed by atoms with Gasteiger partial charge < -0.3 is 38.7 Å². The highest BCUT2D eigenvalue weighted by Crippen LogP contribution is 2.44. The van der Waals surface area contributed by atoms with Gasteiger partial charge in [-0.1, -0.05) is 44.0 Å². The molecule has 3 N–H and O–H groups in total. The minimum absolute atomic E-state index is 0.0191. The Kier molecular flexibility index (Phi) is 19.1. The standard InChI is InChI=1S/C35H45ClFNO5Si.C29H31ClFNO5/c1-33(2,3)44(8,9)43-34(4,5)24-20-28(22-10-14-27(37)26(36)18-22)38-32(21-24)35(6,40)17-16-29(39)23-11-15-30(31(19-23)41-7)42-25-12-13-25;1-28(2,34)19-15-23(17-5-9-22(31)21(30)13-17)32-27(16-19)29(3,35)12-11-24(33)18-6-10-25(26(14-18)36-4)37-20-7-8-20/h10-11,14-15,18-21,25,40H,12-13,16-17H2,1-9H3;5-6,9-10,13-16,20,34-35H,7-8,11-12H2,1-4H3. The second kappa shape index (κ2) is 24.6. The first kappa shape index (κ1) is 62.8. The molecule has 12 nitrogen and oxygen atoms in total. The van der Waals surface area contributed by atoms with Gasteiger partial charge in [-0.25, -0.2) is 18.7 Å². The molecule has 2 aliphatic carbocycles. The van der Waals surface area contributed by atoms with Crippen LogP contribution in [0.5, 0.6) is 23.0 Å². The maximum atomic E-state index is 14.0. The molecular formula is C64H76Cl2F2N2O10Si. The highest BCUT2D eigenvalue weighted by molar-refractivity contribution is 6.74. The van der Waals surface area contributed by atoms with Gasteiger partial charge in [-0.15, -0.1) is 0 Å². The third-order valence-electron chi connectivity index (χ3n) is 15.2. The molecule has 2 aromatic heterocycles. The van der Waals surface area contributed by atoms with Gasteiger partial charge in [0.15, 0.2) is 42.9 Å². The number of pyridine rings is 2. The number of nitrogens with zero attached hydrogens (tertiary/aromatic N) is 2. The van der Waals surface area contributed by atoms with E-state index in [2.05, 4.69) is 38.8 Å². The molecule has 2 aliphatic rings. The molecule has 434 valence electrons. The fourth-order valence-electron chi connectivity index (χ4n) is 8.64.